The molecule has 14 heteroatoms. The average Bonchev–Trinajstić information content (AvgIpc) is 2.10. The van der Waals surface area contributed by atoms with Gasteiger partial charge in [0.15, 0.2) is 5.96 Å². The molecule has 0 amide bonds. The van der Waals surface area contributed by atoms with Crippen molar-refractivity contribution in [3.63, 3.8) is 0 Å². The summed E-state index contributed by atoms with van der Waals surface area (Å²) in [5.41, 5.74) is 15.3. The number of hydrogen-bond donors (Lipinski definition) is 9. The molecule has 18 N–H and O–H groups in total. The van der Waals surface area contributed by atoms with Crippen LogP contribution < -0.4 is 35.7 Å². The van der Waals surface area contributed by atoms with Gasteiger partial charge in [-0.05, 0) is 12.8 Å². The van der Waals surface area contributed by atoms with Crippen LogP contribution in [0.4, 0.5) is 0 Å². The van der Waals surface area contributed by atoms with Crippen molar-refractivity contribution in [2.24, 2.45) is 22.2 Å². The van der Waals surface area contributed by atoms with Crippen molar-refractivity contribution in [3.8, 4) is 0 Å². The first-order valence-electron chi connectivity index (χ1n) is 4.16. The van der Waals surface area contributed by atoms with E-state index in [0.717, 1.165) is 0 Å². The number of aliphatic imine (C=N–C) groups is 1. The van der Waals surface area contributed by atoms with Crippen molar-refractivity contribution < 1.29 is 24.3 Å². The van der Waals surface area contributed by atoms with Crippen LogP contribution in [0.15, 0.2) is 4.99 Å². The number of rotatable bonds is 5. The average molecular weight is 343 g/mol. The molecule has 0 aromatic carbocycles. The standard InChI is InChI=1S/C6H14N4O2.ClH.3H3N.HO3P/c7-4(5(11)12)2-1-3-10-6(8)9;;;;;1-4(2)3/h4H,1-3,7H2,(H,11,12)(H4,8,9,10);1H;3*1H3;(H-,1,2,3)/p+1. The van der Waals surface area contributed by atoms with Gasteiger partial charge in [0.2, 0.25) is 0 Å². The molecule has 0 fully saturated rings. The predicted molar refractivity (Wildman–Crippen MR) is 79.9 cm³/mol. The maximum atomic E-state index is 10.2. The zero-order valence-corrected chi connectivity index (χ0v) is 12.7. The normalized spacial score (nSPS) is 8.55. The molecule has 0 aliphatic rings. The summed E-state index contributed by atoms with van der Waals surface area (Å²) in [6.45, 7) is 0.420. The Morgan fingerprint density at radius 2 is 1.55 bits per heavy atom. The van der Waals surface area contributed by atoms with Gasteiger partial charge in [0.25, 0.3) is 0 Å². The quantitative estimate of drug-likeness (QED) is 0.126. The molecule has 126 valence electrons. The minimum Gasteiger partial charge on any atom is -0.480 e. The molecule has 0 radical (unpaired) electrons. The summed E-state index contributed by atoms with van der Waals surface area (Å²) in [5, 5.41) is 8.38. The number of carbonyl (C=O) groups is 1. The fourth-order valence-corrected chi connectivity index (χ4v) is 0.643. The minimum absolute atomic E-state index is 0. The smallest absolute Gasteiger partial charge is 0.480 e. The summed E-state index contributed by atoms with van der Waals surface area (Å²) in [7, 11) is -2.87. The largest absolute Gasteiger partial charge is 0.692 e. The molecule has 1 unspecified atom stereocenters. The highest BCUT2D eigenvalue weighted by Gasteiger charge is 2.09. The van der Waals surface area contributed by atoms with Crippen LogP contribution in [0.2, 0.25) is 0 Å². The molecule has 0 bridgehead atoms. The zero-order chi connectivity index (χ0) is 13.1. The lowest BCUT2D eigenvalue weighted by atomic mass is 10.2. The Bertz CT molecular complexity index is 262. The summed E-state index contributed by atoms with van der Waals surface area (Å²) in [4.78, 5) is 28.1. The molecule has 0 aliphatic carbocycles. The minimum atomic E-state index is -2.87. The van der Waals surface area contributed by atoms with Crippen molar-refractivity contribution in [1.29, 1.82) is 0 Å². The van der Waals surface area contributed by atoms with Crippen molar-refractivity contribution in [3.05, 3.63) is 0 Å². The Balaban J connectivity index is -0.0000000547. The summed E-state index contributed by atoms with van der Waals surface area (Å²) in [6, 6.07) is -0.820. The van der Waals surface area contributed by atoms with Crippen LogP contribution in [-0.2, 0) is 9.36 Å². The first-order chi connectivity index (χ1) is 7.27. The maximum Gasteiger partial charge on any atom is 0.692 e. The third-order valence-corrected chi connectivity index (χ3v) is 1.28. The Kier molecular flexibility index (Phi) is 41.9. The van der Waals surface area contributed by atoms with Crippen LogP contribution in [0.1, 0.15) is 12.8 Å². The molecular weight excluding hydrogens is 317 g/mol. The number of nitrogens with zero attached hydrogens (tertiary/aromatic N) is 1. The number of aliphatic carboxylic acids is 1. The number of hydrogen-bond acceptors (Lipinski definition) is 7. The van der Waals surface area contributed by atoms with E-state index in [2.05, 4.69) is 4.99 Å². The van der Waals surface area contributed by atoms with Crippen molar-refractivity contribution >= 4 is 32.6 Å². The molecule has 0 saturated heterocycles. The molecule has 0 saturated carbocycles. The number of halogens is 1. The molecule has 0 aromatic heterocycles. The van der Waals surface area contributed by atoms with E-state index in [-0.39, 0.29) is 36.8 Å². The lowest BCUT2D eigenvalue weighted by molar-refractivity contribution is -0.138. The van der Waals surface area contributed by atoms with E-state index < -0.39 is 20.3 Å². The summed E-state index contributed by atoms with van der Waals surface area (Å²) in [5.74, 6) is -0.987. The lowest BCUT2D eigenvalue weighted by Crippen LogP contribution is -2.30. The molecule has 20 heavy (non-hydrogen) atoms. The van der Waals surface area contributed by atoms with Gasteiger partial charge in [0.05, 0.1) is 0 Å². The van der Waals surface area contributed by atoms with Gasteiger partial charge in [-0.1, -0.05) is 0 Å². The molecule has 0 rings (SSSR count). The van der Waals surface area contributed by atoms with E-state index >= 15 is 0 Å². The van der Waals surface area contributed by atoms with E-state index in [1.165, 1.54) is 0 Å². The second kappa shape index (κ2) is 23.0. The second-order valence-electron chi connectivity index (χ2n) is 2.65. The first kappa shape index (κ1) is 36.4. The van der Waals surface area contributed by atoms with Crippen LogP contribution in [-0.4, -0.2) is 39.4 Å². The number of guanidine groups is 1. The van der Waals surface area contributed by atoms with E-state index in [1.54, 1.807) is 0 Å². The van der Waals surface area contributed by atoms with Gasteiger partial charge >= 0.3 is 14.2 Å². The molecule has 0 heterocycles. The Morgan fingerprint density at radius 3 is 1.80 bits per heavy atom. The van der Waals surface area contributed by atoms with Crippen molar-refractivity contribution in [1.82, 2.24) is 18.5 Å². The van der Waals surface area contributed by atoms with Gasteiger partial charge in [-0.3, -0.25) is 9.79 Å². The summed E-state index contributed by atoms with van der Waals surface area (Å²) in [6.07, 6.45) is 0.956. The Labute approximate surface area is 123 Å². The molecule has 1 atom stereocenters. The lowest BCUT2D eigenvalue weighted by Gasteiger charge is -2.03. The van der Waals surface area contributed by atoms with Gasteiger partial charge in [-0.25, -0.2) is 0 Å². The van der Waals surface area contributed by atoms with E-state index in [0.29, 0.717) is 19.4 Å². The number of nitrogens with two attached hydrogens (primary N) is 3. The van der Waals surface area contributed by atoms with Crippen molar-refractivity contribution in [2.75, 3.05) is 6.54 Å². The highest BCUT2D eigenvalue weighted by Crippen LogP contribution is 1.98. The van der Waals surface area contributed by atoms with Gasteiger partial charge in [0, 0.05) is 11.1 Å². The van der Waals surface area contributed by atoms with E-state index in [1.807, 2.05) is 0 Å². The molecule has 0 aromatic rings. The summed E-state index contributed by atoms with van der Waals surface area (Å²) < 4.78 is 8.70. The second-order valence-corrected chi connectivity index (χ2v) is 3.15. The summed E-state index contributed by atoms with van der Waals surface area (Å²) >= 11 is 0. The Hall–Kier alpha value is -1.11. The predicted octanol–water partition coefficient (Wildman–Crippen LogP) is -1.01. The van der Waals surface area contributed by atoms with Crippen LogP contribution in [0.25, 0.3) is 0 Å². The number of carboxylic acids is 1. The Morgan fingerprint density at radius 1 is 1.20 bits per heavy atom. The monoisotopic (exact) mass is 342 g/mol. The highest BCUT2D eigenvalue weighted by molar-refractivity contribution is 7.30. The van der Waals surface area contributed by atoms with Crippen LogP contribution in [0, 0.1) is 0 Å². The fourth-order valence-electron chi connectivity index (χ4n) is 0.643. The SMILES string of the molecule is Cl.N.N.N.NC(N)=NCCCC(N)C(=O)O.O=[P+](O)O. The highest BCUT2D eigenvalue weighted by atomic mass is 35.5. The molecule has 0 spiro atoms. The van der Waals surface area contributed by atoms with Crippen LogP contribution in [0.5, 0.6) is 0 Å². The number of carboxylic acid groups (broad SMARTS) is 1. The fraction of sp³-hybridized carbons (Fsp3) is 0.667. The van der Waals surface area contributed by atoms with Gasteiger partial charge in [-0.2, -0.15) is 0 Å². The van der Waals surface area contributed by atoms with Crippen molar-refractivity contribution in [2.45, 2.75) is 18.9 Å². The third kappa shape index (κ3) is 43.6. The van der Waals surface area contributed by atoms with E-state index in [9.17, 15) is 4.79 Å². The maximum absolute atomic E-state index is 10.2. The molecule has 0 aliphatic heterocycles. The van der Waals surface area contributed by atoms with Gasteiger partial charge < -0.3 is 40.8 Å². The van der Waals surface area contributed by atoms with Gasteiger partial charge in [0.1, 0.15) is 6.04 Å². The van der Waals surface area contributed by atoms with Crippen LogP contribution >= 0.6 is 20.7 Å². The van der Waals surface area contributed by atoms with Crippen LogP contribution in [0.3, 0.4) is 0 Å². The molecule has 12 nitrogen and oxygen atoms in total. The van der Waals surface area contributed by atoms with E-state index in [4.69, 9.17) is 36.7 Å². The topological polar surface area (TPSA) is 290 Å². The first-order valence-corrected chi connectivity index (χ1v) is 5.32. The van der Waals surface area contributed by atoms with Gasteiger partial charge in [-0.15, -0.1) is 22.2 Å². The molecular formula is C6H26ClN7O5P+. The zero-order valence-electron chi connectivity index (χ0n) is 11.0. The third-order valence-electron chi connectivity index (χ3n) is 1.28.